The number of nitrogens with one attached hydrogen (secondary N) is 2. The van der Waals surface area contributed by atoms with E-state index in [2.05, 4.69) is 43.2 Å². The van der Waals surface area contributed by atoms with Crippen LogP contribution in [0.4, 0.5) is 0 Å². The largest absolute Gasteiger partial charge is 0.321 e. The standard InChI is InChI=1S/C21H24N2O/c1-14-9-8-12-16-13-17(20(24)22-18(14)16)19(23-21(2,3)4)15-10-6-5-7-11-15/h5-13,19,23H,1-4H3,(H,22,24). The molecule has 24 heavy (non-hydrogen) atoms. The van der Waals surface area contributed by atoms with Crippen LogP contribution in [0.2, 0.25) is 0 Å². The molecule has 0 aliphatic rings. The molecule has 1 unspecified atom stereocenters. The Hall–Kier alpha value is -2.39. The highest BCUT2D eigenvalue weighted by molar-refractivity contribution is 5.82. The summed E-state index contributed by atoms with van der Waals surface area (Å²) in [6.07, 6.45) is 0. The summed E-state index contributed by atoms with van der Waals surface area (Å²) in [5.41, 5.74) is 3.67. The first-order valence-electron chi connectivity index (χ1n) is 8.30. The summed E-state index contributed by atoms with van der Waals surface area (Å²) >= 11 is 0. The molecule has 3 aromatic rings. The molecule has 1 aromatic heterocycles. The molecule has 3 heteroatoms. The molecule has 0 aliphatic heterocycles. The van der Waals surface area contributed by atoms with E-state index in [4.69, 9.17) is 0 Å². The minimum atomic E-state index is -0.153. The van der Waals surface area contributed by atoms with E-state index < -0.39 is 0 Å². The molecule has 3 rings (SSSR count). The zero-order valence-electron chi connectivity index (χ0n) is 14.7. The molecule has 1 heterocycles. The van der Waals surface area contributed by atoms with Crippen LogP contribution < -0.4 is 10.9 Å². The first-order valence-corrected chi connectivity index (χ1v) is 8.30. The van der Waals surface area contributed by atoms with Gasteiger partial charge in [0, 0.05) is 11.1 Å². The first-order chi connectivity index (χ1) is 11.3. The van der Waals surface area contributed by atoms with E-state index in [1.165, 1.54) is 0 Å². The van der Waals surface area contributed by atoms with Crippen molar-refractivity contribution in [1.29, 1.82) is 0 Å². The summed E-state index contributed by atoms with van der Waals surface area (Å²) < 4.78 is 0. The van der Waals surface area contributed by atoms with Gasteiger partial charge in [-0.05, 0) is 50.3 Å². The van der Waals surface area contributed by atoms with E-state index in [0.717, 1.165) is 27.6 Å². The summed E-state index contributed by atoms with van der Waals surface area (Å²) in [6, 6.07) is 18.1. The normalized spacial score (nSPS) is 13.2. The summed E-state index contributed by atoms with van der Waals surface area (Å²) in [5, 5.41) is 4.65. The van der Waals surface area contributed by atoms with Gasteiger partial charge in [-0.25, -0.2) is 0 Å². The van der Waals surface area contributed by atoms with Crippen LogP contribution in [0, 0.1) is 6.92 Å². The lowest BCUT2D eigenvalue weighted by Gasteiger charge is -2.29. The molecule has 2 N–H and O–H groups in total. The van der Waals surface area contributed by atoms with Gasteiger partial charge < -0.3 is 10.3 Å². The van der Waals surface area contributed by atoms with Crippen molar-refractivity contribution >= 4 is 10.9 Å². The number of hydrogen-bond acceptors (Lipinski definition) is 2. The highest BCUT2D eigenvalue weighted by atomic mass is 16.1. The second kappa shape index (κ2) is 6.25. The van der Waals surface area contributed by atoms with Crippen LogP contribution in [0.5, 0.6) is 0 Å². The van der Waals surface area contributed by atoms with Crippen molar-refractivity contribution in [2.45, 2.75) is 39.3 Å². The topological polar surface area (TPSA) is 44.9 Å². The fraction of sp³-hybridized carbons (Fsp3) is 0.286. The SMILES string of the molecule is Cc1cccc2cc(C(NC(C)(C)C)c3ccccc3)c(=O)[nH]c12. The van der Waals surface area contributed by atoms with Gasteiger partial charge in [-0.3, -0.25) is 4.79 Å². The maximum absolute atomic E-state index is 12.8. The van der Waals surface area contributed by atoms with Crippen LogP contribution in [0.15, 0.2) is 59.4 Å². The van der Waals surface area contributed by atoms with Crippen molar-refractivity contribution in [3.63, 3.8) is 0 Å². The number of rotatable bonds is 3. The van der Waals surface area contributed by atoms with Crippen LogP contribution in [0.3, 0.4) is 0 Å². The predicted molar refractivity (Wildman–Crippen MR) is 100 cm³/mol. The van der Waals surface area contributed by atoms with Crippen molar-refractivity contribution in [3.8, 4) is 0 Å². The van der Waals surface area contributed by atoms with Gasteiger partial charge in [0.15, 0.2) is 0 Å². The lowest BCUT2D eigenvalue weighted by molar-refractivity contribution is 0.390. The van der Waals surface area contributed by atoms with Gasteiger partial charge in [-0.1, -0.05) is 48.5 Å². The predicted octanol–water partition coefficient (Wildman–Crippen LogP) is 4.31. The van der Waals surface area contributed by atoms with Crippen LogP contribution in [0.25, 0.3) is 10.9 Å². The molecule has 0 amide bonds. The molecule has 0 spiro atoms. The van der Waals surface area contributed by atoms with Crippen LogP contribution >= 0.6 is 0 Å². The number of hydrogen-bond donors (Lipinski definition) is 2. The Balaban J connectivity index is 2.19. The van der Waals surface area contributed by atoms with E-state index in [0.29, 0.717) is 0 Å². The molecule has 0 radical (unpaired) electrons. The third-order valence-electron chi connectivity index (χ3n) is 4.14. The van der Waals surface area contributed by atoms with E-state index in [1.807, 2.05) is 49.4 Å². The van der Waals surface area contributed by atoms with Crippen LogP contribution in [-0.4, -0.2) is 10.5 Å². The van der Waals surface area contributed by atoms with E-state index in [9.17, 15) is 4.79 Å². The minimum Gasteiger partial charge on any atom is -0.321 e. The van der Waals surface area contributed by atoms with Crippen molar-refractivity contribution in [2.75, 3.05) is 0 Å². The average Bonchev–Trinajstić information content (AvgIpc) is 2.53. The monoisotopic (exact) mass is 320 g/mol. The van der Waals surface area contributed by atoms with Gasteiger partial charge in [-0.2, -0.15) is 0 Å². The lowest BCUT2D eigenvalue weighted by atomic mass is 9.95. The molecule has 0 fully saturated rings. The molecule has 0 aliphatic carbocycles. The summed E-state index contributed by atoms with van der Waals surface area (Å²) in [7, 11) is 0. The Bertz CT molecular complexity index is 905. The van der Waals surface area contributed by atoms with Gasteiger partial charge in [0.05, 0.1) is 11.6 Å². The van der Waals surface area contributed by atoms with E-state index >= 15 is 0 Å². The van der Waals surface area contributed by atoms with Crippen LogP contribution in [-0.2, 0) is 0 Å². The Labute approximate surface area is 142 Å². The molecule has 0 saturated heterocycles. The number of pyridine rings is 1. The van der Waals surface area contributed by atoms with Gasteiger partial charge in [0.2, 0.25) is 0 Å². The maximum Gasteiger partial charge on any atom is 0.253 e. The van der Waals surface area contributed by atoms with E-state index in [-0.39, 0.29) is 17.1 Å². The first kappa shape index (κ1) is 16.5. The highest BCUT2D eigenvalue weighted by Gasteiger charge is 2.23. The Morgan fingerprint density at radius 3 is 2.38 bits per heavy atom. The number of benzene rings is 2. The smallest absolute Gasteiger partial charge is 0.253 e. The Kier molecular flexibility index (Phi) is 4.29. The fourth-order valence-corrected chi connectivity index (χ4v) is 3.03. The zero-order chi connectivity index (χ0) is 17.3. The van der Waals surface area contributed by atoms with Gasteiger partial charge in [0.25, 0.3) is 5.56 Å². The number of aromatic nitrogens is 1. The molecule has 0 saturated carbocycles. The van der Waals surface area contributed by atoms with Crippen molar-refractivity contribution in [3.05, 3.63) is 81.6 Å². The average molecular weight is 320 g/mol. The van der Waals surface area contributed by atoms with Crippen molar-refractivity contribution in [1.82, 2.24) is 10.3 Å². The molecule has 3 nitrogen and oxygen atoms in total. The van der Waals surface area contributed by atoms with Crippen molar-refractivity contribution < 1.29 is 0 Å². The van der Waals surface area contributed by atoms with Crippen LogP contribution in [0.1, 0.15) is 43.5 Å². The number of H-pyrrole nitrogens is 1. The Morgan fingerprint density at radius 1 is 1.00 bits per heavy atom. The summed E-state index contributed by atoms with van der Waals surface area (Å²) in [5.74, 6) is 0. The molecule has 124 valence electrons. The van der Waals surface area contributed by atoms with Gasteiger partial charge in [0.1, 0.15) is 0 Å². The number of para-hydroxylation sites is 1. The lowest BCUT2D eigenvalue weighted by Crippen LogP contribution is -2.41. The second-order valence-corrected chi connectivity index (χ2v) is 7.33. The molecular formula is C21H24N2O. The highest BCUT2D eigenvalue weighted by Crippen LogP contribution is 2.25. The molecule has 1 atom stereocenters. The third kappa shape index (κ3) is 3.41. The number of fused-ring (bicyclic) bond motifs is 1. The minimum absolute atomic E-state index is 0.0394. The second-order valence-electron chi connectivity index (χ2n) is 7.33. The molecular weight excluding hydrogens is 296 g/mol. The third-order valence-corrected chi connectivity index (χ3v) is 4.14. The van der Waals surface area contributed by atoms with Gasteiger partial charge in [-0.15, -0.1) is 0 Å². The quantitative estimate of drug-likeness (QED) is 0.755. The molecule has 0 bridgehead atoms. The Morgan fingerprint density at radius 2 is 1.71 bits per heavy atom. The van der Waals surface area contributed by atoms with Crippen molar-refractivity contribution in [2.24, 2.45) is 0 Å². The fourth-order valence-electron chi connectivity index (χ4n) is 3.03. The molecule has 2 aromatic carbocycles. The number of aryl methyl sites for hydroxylation is 1. The summed E-state index contributed by atoms with van der Waals surface area (Å²) in [6.45, 7) is 8.35. The van der Waals surface area contributed by atoms with Gasteiger partial charge >= 0.3 is 0 Å². The number of aromatic amines is 1. The zero-order valence-corrected chi connectivity index (χ0v) is 14.7. The summed E-state index contributed by atoms with van der Waals surface area (Å²) in [4.78, 5) is 15.9. The van der Waals surface area contributed by atoms with E-state index in [1.54, 1.807) is 0 Å². The maximum atomic E-state index is 12.8.